The molecular formula is C11H19N3O3S. The highest BCUT2D eigenvalue weighted by atomic mass is 32.2. The van der Waals surface area contributed by atoms with E-state index in [0.29, 0.717) is 38.2 Å². The van der Waals surface area contributed by atoms with E-state index in [4.69, 9.17) is 0 Å². The average molecular weight is 273 g/mol. The monoisotopic (exact) mass is 273 g/mol. The first-order valence-electron chi connectivity index (χ1n) is 6.11. The fourth-order valence-electron chi connectivity index (χ4n) is 2.00. The number of aromatic amines is 1. The Labute approximate surface area is 107 Å². The van der Waals surface area contributed by atoms with E-state index in [9.17, 15) is 13.5 Å². The van der Waals surface area contributed by atoms with Crippen LogP contribution in [0.15, 0.2) is 11.2 Å². The molecule has 1 saturated heterocycles. The zero-order chi connectivity index (χ0) is 13.4. The quantitative estimate of drug-likeness (QED) is 0.840. The van der Waals surface area contributed by atoms with Crippen LogP contribution in [0.25, 0.3) is 0 Å². The van der Waals surface area contributed by atoms with Crippen LogP contribution in [0, 0.1) is 0 Å². The van der Waals surface area contributed by atoms with Gasteiger partial charge in [0.2, 0.25) is 0 Å². The van der Waals surface area contributed by atoms with Gasteiger partial charge in [-0.15, -0.1) is 0 Å². The van der Waals surface area contributed by atoms with Crippen molar-refractivity contribution in [3.8, 4) is 0 Å². The summed E-state index contributed by atoms with van der Waals surface area (Å²) in [6, 6.07) is 0. The van der Waals surface area contributed by atoms with E-state index in [1.54, 1.807) is 6.92 Å². The Morgan fingerprint density at radius 2 is 2.11 bits per heavy atom. The van der Waals surface area contributed by atoms with Crippen LogP contribution in [0.3, 0.4) is 0 Å². The van der Waals surface area contributed by atoms with Crippen molar-refractivity contribution in [1.82, 2.24) is 14.3 Å². The van der Waals surface area contributed by atoms with E-state index in [1.807, 2.05) is 6.92 Å². The second-order valence-electron chi connectivity index (χ2n) is 4.95. The van der Waals surface area contributed by atoms with Crippen LogP contribution in [0.2, 0.25) is 0 Å². The third-order valence-electron chi connectivity index (χ3n) is 3.36. The standard InChI is InChI=1S/C11H19N3O3S/c1-3-9-12-8-10(13-9)18(16,17)14-6-4-11(2,15)5-7-14/h8,15H,3-7H2,1-2H3,(H,12,13). The molecule has 1 aromatic rings. The van der Waals surface area contributed by atoms with E-state index in [1.165, 1.54) is 10.5 Å². The fraction of sp³-hybridized carbons (Fsp3) is 0.727. The molecule has 18 heavy (non-hydrogen) atoms. The summed E-state index contributed by atoms with van der Waals surface area (Å²) in [6.45, 7) is 4.33. The van der Waals surface area contributed by atoms with E-state index < -0.39 is 15.6 Å². The summed E-state index contributed by atoms with van der Waals surface area (Å²) in [5, 5.41) is 9.97. The minimum Gasteiger partial charge on any atom is -0.390 e. The summed E-state index contributed by atoms with van der Waals surface area (Å²) < 4.78 is 26.0. The lowest BCUT2D eigenvalue weighted by atomic mass is 9.95. The SMILES string of the molecule is CCc1ncc(S(=O)(=O)N2CCC(C)(O)CC2)[nH]1. The van der Waals surface area contributed by atoms with Crippen molar-refractivity contribution in [2.24, 2.45) is 0 Å². The molecule has 1 aliphatic rings. The molecule has 0 amide bonds. The number of piperidine rings is 1. The first-order chi connectivity index (χ1) is 8.35. The van der Waals surface area contributed by atoms with Gasteiger partial charge in [-0.25, -0.2) is 13.4 Å². The van der Waals surface area contributed by atoms with Crippen molar-refractivity contribution in [2.75, 3.05) is 13.1 Å². The second kappa shape index (κ2) is 4.64. The number of imidazole rings is 1. The fourth-order valence-corrected chi connectivity index (χ4v) is 3.38. The summed E-state index contributed by atoms with van der Waals surface area (Å²) in [7, 11) is -3.50. The Morgan fingerprint density at radius 3 is 2.61 bits per heavy atom. The number of nitrogens with one attached hydrogen (secondary N) is 1. The second-order valence-corrected chi connectivity index (χ2v) is 6.86. The Bertz CT molecular complexity index is 511. The molecule has 0 bridgehead atoms. The number of nitrogens with zero attached hydrogens (tertiary/aromatic N) is 2. The molecule has 2 heterocycles. The number of sulfonamides is 1. The molecule has 7 heteroatoms. The van der Waals surface area contributed by atoms with Crippen molar-refractivity contribution in [3.63, 3.8) is 0 Å². The van der Waals surface area contributed by atoms with Crippen LogP contribution in [-0.2, 0) is 16.4 Å². The van der Waals surface area contributed by atoms with Crippen molar-refractivity contribution in [2.45, 2.75) is 43.7 Å². The molecular weight excluding hydrogens is 254 g/mol. The Hall–Kier alpha value is -0.920. The van der Waals surface area contributed by atoms with E-state index in [-0.39, 0.29) is 5.03 Å². The van der Waals surface area contributed by atoms with Gasteiger partial charge >= 0.3 is 0 Å². The largest absolute Gasteiger partial charge is 0.390 e. The third-order valence-corrected chi connectivity index (χ3v) is 5.17. The van der Waals surface area contributed by atoms with Gasteiger partial charge in [-0.05, 0) is 19.8 Å². The first kappa shape index (κ1) is 13.5. The van der Waals surface area contributed by atoms with Gasteiger partial charge in [0.25, 0.3) is 10.0 Å². The normalized spacial score (nSPS) is 21.1. The molecule has 2 N–H and O–H groups in total. The molecule has 1 aliphatic heterocycles. The smallest absolute Gasteiger partial charge is 0.260 e. The van der Waals surface area contributed by atoms with Gasteiger partial charge in [-0.3, -0.25) is 0 Å². The zero-order valence-corrected chi connectivity index (χ0v) is 11.5. The molecule has 0 saturated carbocycles. The lowest BCUT2D eigenvalue weighted by molar-refractivity contribution is 0.0125. The number of hydrogen-bond acceptors (Lipinski definition) is 4. The van der Waals surface area contributed by atoms with Crippen LogP contribution >= 0.6 is 0 Å². The molecule has 102 valence electrons. The molecule has 1 aromatic heterocycles. The van der Waals surface area contributed by atoms with Gasteiger partial charge < -0.3 is 10.1 Å². The summed E-state index contributed by atoms with van der Waals surface area (Å²) in [5.74, 6) is 0.664. The predicted octanol–water partition coefficient (Wildman–Crippen LogP) is 0.508. The number of hydrogen-bond donors (Lipinski definition) is 2. The minimum absolute atomic E-state index is 0.140. The molecule has 1 fully saturated rings. The lowest BCUT2D eigenvalue weighted by Crippen LogP contribution is -2.45. The maximum absolute atomic E-state index is 12.3. The molecule has 0 aromatic carbocycles. The third kappa shape index (κ3) is 2.57. The van der Waals surface area contributed by atoms with E-state index in [2.05, 4.69) is 9.97 Å². The summed E-state index contributed by atoms with van der Waals surface area (Å²) >= 11 is 0. The van der Waals surface area contributed by atoms with Crippen LogP contribution < -0.4 is 0 Å². The first-order valence-corrected chi connectivity index (χ1v) is 7.55. The van der Waals surface area contributed by atoms with Gasteiger partial charge in [-0.1, -0.05) is 6.92 Å². The molecule has 6 nitrogen and oxygen atoms in total. The maximum atomic E-state index is 12.3. The summed E-state index contributed by atoms with van der Waals surface area (Å²) in [4.78, 5) is 6.83. The Kier molecular flexibility index (Phi) is 3.48. The Morgan fingerprint density at radius 1 is 1.50 bits per heavy atom. The zero-order valence-electron chi connectivity index (χ0n) is 10.7. The minimum atomic E-state index is -3.50. The van der Waals surface area contributed by atoms with Gasteiger partial charge in [0.1, 0.15) is 5.82 Å². The van der Waals surface area contributed by atoms with Gasteiger partial charge in [0.15, 0.2) is 5.03 Å². The molecule has 0 aliphatic carbocycles. The molecule has 0 spiro atoms. The Balaban J connectivity index is 2.17. The summed E-state index contributed by atoms with van der Waals surface area (Å²) in [5.41, 5.74) is -0.755. The highest BCUT2D eigenvalue weighted by Gasteiger charge is 2.34. The number of aromatic nitrogens is 2. The number of aliphatic hydroxyl groups is 1. The number of rotatable bonds is 3. The molecule has 0 unspecified atom stereocenters. The van der Waals surface area contributed by atoms with Gasteiger partial charge in [0, 0.05) is 19.5 Å². The summed E-state index contributed by atoms with van der Waals surface area (Å²) in [6.07, 6.45) is 2.95. The van der Waals surface area contributed by atoms with Gasteiger partial charge in [0.05, 0.1) is 11.8 Å². The number of H-pyrrole nitrogens is 1. The van der Waals surface area contributed by atoms with Crippen LogP contribution in [0.1, 0.15) is 32.5 Å². The molecule has 2 rings (SSSR count). The molecule has 0 atom stereocenters. The highest BCUT2D eigenvalue weighted by Crippen LogP contribution is 2.25. The lowest BCUT2D eigenvalue weighted by Gasteiger charge is -2.34. The van der Waals surface area contributed by atoms with Crippen molar-refractivity contribution >= 4 is 10.0 Å². The van der Waals surface area contributed by atoms with E-state index >= 15 is 0 Å². The molecule has 0 radical (unpaired) electrons. The van der Waals surface area contributed by atoms with E-state index in [0.717, 1.165) is 0 Å². The van der Waals surface area contributed by atoms with Gasteiger partial charge in [-0.2, -0.15) is 4.31 Å². The van der Waals surface area contributed by atoms with Crippen LogP contribution in [0.5, 0.6) is 0 Å². The number of aryl methyl sites for hydroxylation is 1. The highest BCUT2D eigenvalue weighted by molar-refractivity contribution is 7.89. The topological polar surface area (TPSA) is 86.3 Å². The average Bonchev–Trinajstić information content (AvgIpc) is 2.77. The van der Waals surface area contributed by atoms with Crippen molar-refractivity contribution in [3.05, 3.63) is 12.0 Å². The van der Waals surface area contributed by atoms with Crippen molar-refractivity contribution < 1.29 is 13.5 Å². The van der Waals surface area contributed by atoms with Crippen molar-refractivity contribution in [1.29, 1.82) is 0 Å². The predicted molar refractivity (Wildman–Crippen MR) is 66.6 cm³/mol. The van der Waals surface area contributed by atoms with Crippen LogP contribution in [0.4, 0.5) is 0 Å². The maximum Gasteiger partial charge on any atom is 0.260 e. The van der Waals surface area contributed by atoms with Crippen LogP contribution in [-0.4, -0.2) is 46.5 Å².